The van der Waals surface area contributed by atoms with E-state index in [9.17, 15) is 9.90 Å². The number of likely N-dealkylation sites (tertiary alicyclic amines) is 1. The third kappa shape index (κ3) is 3.47. The average molecular weight is 345 g/mol. The van der Waals surface area contributed by atoms with Crippen molar-refractivity contribution in [1.29, 1.82) is 0 Å². The molecule has 0 aliphatic carbocycles. The molecule has 1 aliphatic heterocycles. The summed E-state index contributed by atoms with van der Waals surface area (Å²) < 4.78 is 5.83. The predicted octanol–water partition coefficient (Wildman–Crippen LogP) is 4.18. The molecule has 1 aromatic heterocycles. The van der Waals surface area contributed by atoms with E-state index in [0.717, 1.165) is 35.6 Å². The highest BCUT2D eigenvalue weighted by molar-refractivity contribution is 7.10. The number of benzene rings is 1. The minimum atomic E-state index is -0.731. The summed E-state index contributed by atoms with van der Waals surface area (Å²) in [5, 5.41) is 11.8. The van der Waals surface area contributed by atoms with Crippen molar-refractivity contribution in [2.75, 3.05) is 13.2 Å². The van der Waals surface area contributed by atoms with Crippen molar-refractivity contribution in [3.05, 3.63) is 52.2 Å². The first-order valence-electron chi connectivity index (χ1n) is 8.46. The highest BCUT2D eigenvalue weighted by Crippen LogP contribution is 2.40. The van der Waals surface area contributed by atoms with Crippen molar-refractivity contribution in [2.24, 2.45) is 0 Å². The molecule has 1 aliphatic rings. The molecule has 2 unspecified atom stereocenters. The number of carbonyl (C=O) groups is 1. The van der Waals surface area contributed by atoms with E-state index in [0.29, 0.717) is 13.0 Å². The Morgan fingerprint density at radius 3 is 2.88 bits per heavy atom. The van der Waals surface area contributed by atoms with Crippen LogP contribution in [-0.4, -0.2) is 35.2 Å². The summed E-state index contributed by atoms with van der Waals surface area (Å²) in [7, 11) is 0. The fraction of sp³-hybridized carbons (Fsp3) is 0.421. The molecule has 0 bridgehead atoms. The van der Waals surface area contributed by atoms with E-state index in [-0.39, 0.29) is 6.04 Å². The van der Waals surface area contributed by atoms with E-state index in [4.69, 9.17) is 4.74 Å². The van der Waals surface area contributed by atoms with Gasteiger partial charge in [-0.05, 0) is 43.8 Å². The Kier molecular flexibility index (Phi) is 5.53. The van der Waals surface area contributed by atoms with Crippen molar-refractivity contribution in [3.8, 4) is 5.75 Å². The first-order chi connectivity index (χ1) is 11.7. The predicted molar refractivity (Wildman–Crippen MR) is 95.8 cm³/mol. The van der Waals surface area contributed by atoms with Crippen LogP contribution in [0.4, 0.5) is 0 Å². The van der Waals surface area contributed by atoms with Crippen molar-refractivity contribution in [1.82, 2.24) is 4.90 Å². The van der Waals surface area contributed by atoms with Gasteiger partial charge in [0.2, 0.25) is 0 Å². The Bertz CT molecular complexity index is 671. The van der Waals surface area contributed by atoms with Crippen LogP contribution in [0.3, 0.4) is 0 Å². The zero-order valence-electron chi connectivity index (χ0n) is 13.9. The molecule has 24 heavy (non-hydrogen) atoms. The normalized spacial score (nSPS) is 19.8. The molecule has 0 amide bonds. The molecular formula is C19H23NO3S. The molecule has 1 fully saturated rings. The molecule has 2 atom stereocenters. The highest BCUT2D eigenvalue weighted by Gasteiger charge is 2.36. The van der Waals surface area contributed by atoms with Crippen molar-refractivity contribution in [3.63, 3.8) is 0 Å². The number of thiophene rings is 1. The number of para-hydroxylation sites is 1. The Hall–Kier alpha value is -1.85. The van der Waals surface area contributed by atoms with Gasteiger partial charge in [0.25, 0.3) is 0 Å². The first kappa shape index (κ1) is 17.0. The van der Waals surface area contributed by atoms with Gasteiger partial charge in [0, 0.05) is 10.4 Å². The summed E-state index contributed by atoms with van der Waals surface area (Å²) in [5.74, 6) is 0.109. The number of carboxylic acids is 1. The van der Waals surface area contributed by atoms with Gasteiger partial charge < -0.3 is 9.84 Å². The summed E-state index contributed by atoms with van der Waals surface area (Å²) in [5.41, 5.74) is 1.05. The summed E-state index contributed by atoms with van der Waals surface area (Å²) in [4.78, 5) is 15.1. The van der Waals surface area contributed by atoms with Gasteiger partial charge in [0.15, 0.2) is 0 Å². The lowest BCUT2D eigenvalue weighted by Crippen LogP contribution is -2.46. The monoisotopic (exact) mass is 345 g/mol. The number of rotatable bonds is 6. The lowest BCUT2D eigenvalue weighted by molar-refractivity contribution is -0.145. The largest absolute Gasteiger partial charge is 0.494 e. The van der Waals surface area contributed by atoms with Crippen LogP contribution in [0.5, 0.6) is 5.75 Å². The molecule has 1 saturated heterocycles. The van der Waals surface area contributed by atoms with Gasteiger partial charge in [0.05, 0.1) is 12.6 Å². The smallest absolute Gasteiger partial charge is 0.320 e. The molecule has 4 nitrogen and oxygen atoms in total. The molecule has 0 radical (unpaired) electrons. The van der Waals surface area contributed by atoms with E-state index < -0.39 is 12.0 Å². The third-order valence-corrected chi connectivity index (χ3v) is 5.41. The summed E-state index contributed by atoms with van der Waals surface area (Å²) >= 11 is 1.67. The average Bonchev–Trinajstić information content (AvgIpc) is 3.11. The Morgan fingerprint density at radius 1 is 1.33 bits per heavy atom. The zero-order valence-corrected chi connectivity index (χ0v) is 14.7. The van der Waals surface area contributed by atoms with Crippen molar-refractivity contribution in [2.45, 2.75) is 38.3 Å². The van der Waals surface area contributed by atoms with Gasteiger partial charge >= 0.3 is 5.97 Å². The van der Waals surface area contributed by atoms with Crippen LogP contribution in [0.15, 0.2) is 41.8 Å². The zero-order chi connectivity index (χ0) is 16.9. The molecule has 2 heterocycles. The lowest BCUT2D eigenvalue weighted by atomic mass is 9.95. The van der Waals surface area contributed by atoms with Gasteiger partial charge in [-0.2, -0.15) is 0 Å². The van der Waals surface area contributed by atoms with E-state index >= 15 is 0 Å². The molecule has 5 heteroatoms. The van der Waals surface area contributed by atoms with Crippen molar-refractivity contribution >= 4 is 17.3 Å². The second kappa shape index (κ2) is 7.81. The maximum absolute atomic E-state index is 11.8. The molecule has 0 saturated carbocycles. The highest BCUT2D eigenvalue weighted by atomic mass is 32.1. The van der Waals surface area contributed by atoms with Gasteiger partial charge in [0.1, 0.15) is 11.8 Å². The fourth-order valence-corrected chi connectivity index (χ4v) is 4.33. The summed E-state index contributed by atoms with van der Waals surface area (Å²) in [6.45, 7) is 3.36. The number of nitrogens with zero attached hydrogens (tertiary/aromatic N) is 1. The molecule has 1 aromatic carbocycles. The van der Waals surface area contributed by atoms with Crippen LogP contribution in [0.1, 0.15) is 42.7 Å². The van der Waals surface area contributed by atoms with Crippen LogP contribution in [0.25, 0.3) is 0 Å². The molecule has 2 aromatic rings. The standard InChI is InChI=1S/C19H23NO3S/c1-2-23-16-10-4-3-8-14(16)18(17-11-7-13-24-17)20-12-6-5-9-15(20)19(21)22/h3-4,7-8,10-11,13,15,18H,2,5-6,9,12H2,1H3,(H,21,22). The molecule has 0 spiro atoms. The molecular weight excluding hydrogens is 322 g/mol. The Morgan fingerprint density at radius 2 is 2.17 bits per heavy atom. The third-order valence-electron chi connectivity index (χ3n) is 4.49. The molecule has 128 valence electrons. The SMILES string of the molecule is CCOc1ccccc1C(c1cccs1)N1CCCCC1C(=O)O. The van der Waals surface area contributed by atoms with E-state index in [1.54, 1.807) is 11.3 Å². The fourth-order valence-electron chi connectivity index (χ4n) is 3.46. The number of hydrogen-bond donors (Lipinski definition) is 1. The van der Waals surface area contributed by atoms with E-state index in [1.165, 1.54) is 0 Å². The number of ether oxygens (including phenoxy) is 1. The van der Waals surface area contributed by atoms with Crippen LogP contribution in [-0.2, 0) is 4.79 Å². The second-order valence-corrected chi connectivity index (χ2v) is 6.96. The molecule has 1 N–H and O–H groups in total. The quantitative estimate of drug-likeness (QED) is 0.853. The first-order valence-corrected chi connectivity index (χ1v) is 9.34. The maximum atomic E-state index is 11.8. The van der Waals surface area contributed by atoms with Gasteiger partial charge in [-0.25, -0.2) is 0 Å². The van der Waals surface area contributed by atoms with Gasteiger partial charge in [-0.3, -0.25) is 9.69 Å². The number of carboxylic acid groups (broad SMARTS) is 1. The topological polar surface area (TPSA) is 49.8 Å². The second-order valence-electron chi connectivity index (χ2n) is 5.98. The lowest BCUT2D eigenvalue weighted by Gasteiger charge is -2.39. The maximum Gasteiger partial charge on any atom is 0.320 e. The number of hydrogen-bond acceptors (Lipinski definition) is 4. The number of piperidine rings is 1. The van der Waals surface area contributed by atoms with Crippen LogP contribution in [0.2, 0.25) is 0 Å². The van der Waals surface area contributed by atoms with Crippen LogP contribution in [0, 0.1) is 0 Å². The Balaban J connectivity index is 2.06. The van der Waals surface area contributed by atoms with Crippen LogP contribution >= 0.6 is 11.3 Å². The van der Waals surface area contributed by atoms with Gasteiger partial charge in [-0.15, -0.1) is 11.3 Å². The molecule has 3 rings (SSSR count). The van der Waals surface area contributed by atoms with Crippen LogP contribution < -0.4 is 4.74 Å². The minimum Gasteiger partial charge on any atom is -0.494 e. The van der Waals surface area contributed by atoms with E-state index in [1.807, 2.05) is 36.6 Å². The summed E-state index contributed by atoms with van der Waals surface area (Å²) in [6, 6.07) is 11.6. The van der Waals surface area contributed by atoms with Crippen molar-refractivity contribution < 1.29 is 14.6 Å². The summed E-state index contributed by atoms with van der Waals surface area (Å²) in [6.07, 6.45) is 2.70. The van der Waals surface area contributed by atoms with E-state index in [2.05, 4.69) is 17.0 Å². The van der Waals surface area contributed by atoms with Gasteiger partial charge in [-0.1, -0.05) is 30.7 Å². The number of aliphatic carboxylic acids is 1. The minimum absolute atomic E-state index is 0.0749. The Labute approximate surface area is 146 Å².